The van der Waals surface area contributed by atoms with E-state index in [9.17, 15) is 0 Å². The summed E-state index contributed by atoms with van der Waals surface area (Å²) < 4.78 is 5.55. The molecule has 0 spiro atoms. The van der Waals surface area contributed by atoms with Gasteiger partial charge in [-0.25, -0.2) is 4.99 Å². The number of guanidine groups is 1. The molecule has 0 bridgehead atoms. The molecule has 23 heavy (non-hydrogen) atoms. The lowest BCUT2D eigenvalue weighted by atomic mass is 10.2. The molecule has 1 aliphatic carbocycles. The highest BCUT2D eigenvalue weighted by atomic mass is 32.2. The molecule has 5 heteroatoms. The molecule has 4 nitrogen and oxygen atoms in total. The molecule has 0 saturated heterocycles. The maximum atomic E-state index is 5.55. The van der Waals surface area contributed by atoms with Gasteiger partial charge in [0.1, 0.15) is 5.75 Å². The van der Waals surface area contributed by atoms with Crippen molar-refractivity contribution in [2.24, 2.45) is 4.99 Å². The van der Waals surface area contributed by atoms with Crippen molar-refractivity contribution in [3.05, 3.63) is 29.8 Å². The van der Waals surface area contributed by atoms with Gasteiger partial charge in [0.15, 0.2) is 5.96 Å². The van der Waals surface area contributed by atoms with Crippen LogP contribution in [0.3, 0.4) is 0 Å². The van der Waals surface area contributed by atoms with Crippen LogP contribution >= 0.6 is 11.8 Å². The molecule has 1 aromatic carbocycles. The minimum absolute atomic E-state index is 0.542. The fourth-order valence-electron chi connectivity index (χ4n) is 2.87. The van der Waals surface area contributed by atoms with Crippen LogP contribution in [-0.4, -0.2) is 36.7 Å². The number of rotatable bonds is 7. The molecule has 2 N–H and O–H groups in total. The number of nitrogens with zero attached hydrogens (tertiary/aromatic N) is 1. The van der Waals surface area contributed by atoms with Crippen molar-refractivity contribution in [3.8, 4) is 5.75 Å². The Bertz CT molecular complexity index is 507. The van der Waals surface area contributed by atoms with E-state index in [0.29, 0.717) is 19.2 Å². The van der Waals surface area contributed by atoms with Crippen molar-refractivity contribution in [2.45, 2.75) is 50.9 Å². The molecule has 0 amide bonds. The Hall–Kier alpha value is -1.36. The number of thioether (sulfide) groups is 1. The molecule has 0 heterocycles. The zero-order chi connectivity index (χ0) is 16.5. The standard InChI is InChI=1S/C18H29N3OS/c1-4-19-18(21-15-9-10-17(12-15)23-3)20-13-14-7-6-8-16(11-14)22-5-2/h6-8,11,15,17H,4-5,9-10,12-13H2,1-3H3,(H2,19,20,21). The molecule has 1 aliphatic rings. The van der Waals surface area contributed by atoms with Crippen molar-refractivity contribution >= 4 is 17.7 Å². The van der Waals surface area contributed by atoms with Crippen molar-refractivity contribution in [3.63, 3.8) is 0 Å². The average Bonchev–Trinajstić information content (AvgIpc) is 3.01. The summed E-state index contributed by atoms with van der Waals surface area (Å²) in [5.41, 5.74) is 1.17. The Kier molecular flexibility index (Phi) is 7.59. The number of nitrogens with one attached hydrogen (secondary N) is 2. The summed E-state index contributed by atoms with van der Waals surface area (Å²) in [6, 6.07) is 8.71. The Balaban J connectivity index is 1.94. The first kappa shape index (κ1) is 18.0. The summed E-state index contributed by atoms with van der Waals surface area (Å²) in [5.74, 6) is 1.83. The van der Waals surface area contributed by atoms with E-state index in [4.69, 9.17) is 9.73 Å². The predicted octanol–water partition coefficient (Wildman–Crippen LogP) is 3.42. The molecule has 128 valence electrons. The third-order valence-electron chi connectivity index (χ3n) is 4.03. The smallest absolute Gasteiger partial charge is 0.191 e. The number of hydrogen-bond acceptors (Lipinski definition) is 3. The second kappa shape index (κ2) is 9.71. The van der Waals surface area contributed by atoms with E-state index in [1.165, 1.54) is 24.8 Å². The second-order valence-electron chi connectivity index (χ2n) is 5.79. The van der Waals surface area contributed by atoms with E-state index in [1.807, 2.05) is 30.8 Å². The first-order valence-electron chi connectivity index (χ1n) is 8.54. The van der Waals surface area contributed by atoms with E-state index in [2.05, 4.69) is 35.9 Å². The lowest BCUT2D eigenvalue weighted by Gasteiger charge is -2.17. The van der Waals surface area contributed by atoms with Crippen LogP contribution in [0, 0.1) is 0 Å². The third kappa shape index (κ3) is 5.98. The van der Waals surface area contributed by atoms with E-state index in [1.54, 1.807) is 0 Å². The van der Waals surface area contributed by atoms with Crippen LogP contribution in [0.15, 0.2) is 29.3 Å². The molecule has 1 aromatic rings. The highest BCUT2D eigenvalue weighted by molar-refractivity contribution is 7.99. The van der Waals surface area contributed by atoms with Gasteiger partial charge in [0.05, 0.1) is 13.2 Å². The van der Waals surface area contributed by atoms with Gasteiger partial charge in [-0.15, -0.1) is 0 Å². The van der Waals surface area contributed by atoms with Gasteiger partial charge in [-0.1, -0.05) is 12.1 Å². The first-order valence-corrected chi connectivity index (χ1v) is 9.83. The van der Waals surface area contributed by atoms with Crippen LogP contribution in [0.4, 0.5) is 0 Å². The van der Waals surface area contributed by atoms with Crippen LogP contribution in [0.1, 0.15) is 38.7 Å². The minimum atomic E-state index is 0.542. The predicted molar refractivity (Wildman–Crippen MR) is 101 cm³/mol. The van der Waals surface area contributed by atoms with E-state index in [-0.39, 0.29) is 0 Å². The molecular weight excluding hydrogens is 306 g/mol. The number of hydrogen-bond donors (Lipinski definition) is 2. The van der Waals surface area contributed by atoms with Crippen LogP contribution in [0.5, 0.6) is 5.75 Å². The van der Waals surface area contributed by atoms with Gasteiger partial charge in [0.2, 0.25) is 0 Å². The van der Waals surface area contributed by atoms with Gasteiger partial charge in [-0.3, -0.25) is 0 Å². The molecule has 0 aliphatic heterocycles. The van der Waals surface area contributed by atoms with Gasteiger partial charge in [0.25, 0.3) is 0 Å². The molecule has 0 radical (unpaired) electrons. The molecule has 0 aromatic heterocycles. The molecule has 2 atom stereocenters. The number of ether oxygens (including phenoxy) is 1. The maximum absolute atomic E-state index is 5.55. The zero-order valence-electron chi connectivity index (χ0n) is 14.5. The third-order valence-corrected chi connectivity index (χ3v) is 5.13. The van der Waals surface area contributed by atoms with Gasteiger partial charge >= 0.3 is 0 Å². The lowest BCUT2D eigenvalue weighted by molar-refractivity contribution is 0.340. The van der Waals surface area contributed by atoms with Gasteiger partial charge in [0, 0.05) is 17.8 Å². The first-order chi connectivity index (χ1) is 11.2. The minimum Gasteiger partial charge on any atom is -0.494 e. The monoisotopic (exact) mass is 335 g/mol. The molecule has 2 rings (SSSR count). The topological polar surface area (TPSA) is 45.7 Å². The largest absolute Gasteiger partial charge is 0.494 e. The SMILES string of the molecule is CCNC(=NCc1cccc(OCC)c1)NC1CCC(SC)C1. The highest BCUT2D eigenvalue weighted by Gasteiger charge is 2.24. The maximum Gasteiger partial charge on any atom is 0.191 e. The van der Waals surface area contributed by atoms with E-state index < -0.39 is 0 Å². The zero-order valence-corrected chi connectivity index (χ0v) is 15.3. The molecular formula is C18H29N3OS. The van der Waals surface area contributed by atoms with Crippen molar-refractivity contribution in [2.75, 3.05) is 19.4 Å². The van der Waals surface area contributed by atoms with Gasteiger partial charge in [-0.2, -0.15) is 11.8 Å². The molecule has 2 unspecified atom stereocenters. The Morgan fingerprint density at radius 1 is 1.35 bits per heavy atom. The average molecular weight is 336 g/mol. The summed E-state index contributed by atoms with van der Waals surface area (Å²) in [6.07, 6.45) is 5.97. The second-order valence-corrected chi connectivity index (χ2v) is 6.93. The van der Waals surface area contributed by atoms with E-state index in [0.717, 1.165) is 23.5 Å². The number of benzene rings is 1. The van der Waals surface area contributed by atoms with Gasteiger partial charge < -0.3 is 15.4 Å². The fraction of sp³-hybridized carbons (Fsp3) is 0.611. The van der Waals surface area contributed by atoms with Gasteiger partial charge in [-0.05, 0) is 57.1 Å². The molecule has 1 fully saturated rings. The summed E-state index contributed by atoms with van der Waals surface area (Å²) >= 11 is 1.98. The van der Waals surface area contributed by atoms with Crippen LogP contribution < -0.4 is 15.4 Å². The highest BCUT2D eigenvalue weighted by Crippen LogP contribution is 2.28. The Morgan fingerprint density at radius 3 is 2.91 bits per heavy atom. The summed E-state index contributed by atoms with van der Waals surface area (Å²) in [6.45, 7) is 6.33. The van der Waals surface area contributed by atoms with Crippen LogP contribution in [0.2, 0.25) is 0 Å². The number of aliphatic imine (C=N–C) groups is 1. The van der Waals surface area contributed by atoms with Crippen molar-refractivity contribution < 1.29 is 4.74 Å². The van der Waals surface area contributed by atoms with E-state index >= 15 is 0 Å². The van der Waals surface area contributed by atoms with Crippen LogP contribution in [-0.2, 0) is 6.54 Å². The summed E-state index contributed by atoms with van der Waals surface area (Å²) in [5, 5.41) is 7.73. The quantitative estimate of drug-likeness (QED) is 0.592. The summed E-state index contributed by atoms with van der Waals surface area (Å²) in [7, 11) is 0. The van der Waals surface area contributed by atoms with Crippen molar-refractivity contribution in [1.82, 2.24) is 10.6 Å². The summed E-state index contributed by atoms with van der Waals surface area (Å²) in [4.78, 5) is 4.73. The Labute approximate surface area is 144 Å². The normalized spacial score (nSPS) is 21.3. The van der Waals surface area contributed by atoms with Crippen molar-refractivity contribution in [1.29, 1.82) is 0 Å². The van der Waals surface area contributed by atoms with Crippen LogP contribution in [0.25, 0.3) is 0 Å². The fourth-order valence-corrected chi connectivity index (χ4v) is 3.67. The lowest BCUT2D eigenvalue weighted by Crippen LogP contribution is -2.42. The molecule has 1 saturated carbocycles. The Morgan fingerprint density at radius 2 is 2.22 bits per heavy atom.